The molecule has 2 atom stereocenters. The summed E-state index contributed by atoms with van der Waals surface area (Å²) in [6.07, 6.45) is 2.21. The van der Waals surface area contributed by atoms with Crippen LogP contribution < -0.4 is 5.32 Å². The lowest BCUT2D eigenvalue weighted by Crippen LogP contribution is -2.41. The van der Waals surface area contributed by atoms with Gasteiger partial charge in [-0.15, -0.1) is 0 Å². The van der Waals surface area contributed by atoms with Crippen molar-refractivity contribution in [1.29, 1.82) is 0 Å². The van der Waals surface area contributed by atoms with Crippen LogP contribution in [0.15, 0.2) is 60.7 Å². The summed E-state index contributed by atoms with van der Waals surface area (Å²) in [4.78, 5) is 2.56. The standard InChI is InChI=1S/C22H32N2/c1-4-24(20(3)18-22-13-9-6-10-14-22)16-15-23-19(2)17-21-11-7-5-8-12-21/h5-14,19-20,23H,4,15-18H2,1-3H3. The number of hydrogen-bond acceptors (Lipinski definition) is 2. The molecule has 0 aliphatic carbocycles. The van der Waals surface area contributed by atoms with Gasteiger partial charge < -0.3 is 5.32 Å². The summed E-state index contributed by atoms with van der Waals surface area (Å²) in [7, 11) is 0. The van der Waals surface area contributed by atoms with E-state index >= 15 is 0 Å². The largest absolute Gasteiger partial charge is 0.313 e. The van der Waals surface area contributed by atoms with E-state index < -0.39 is 0 Å². The summed E-state index contributed by atoms with van der Waals surface area (Å²) in [5.41, 5.74) is 2.83. The van der Waals surface area contributed by atoms with Crippen molar-refractivity contribution >= 4 is 0 Å². The summed E-state index contributed by atoms with van der Waals surface area (Å²) in [6.45, 7) is 10.1. The van der Waals surface area contributed by atoms with Gasteiger partial charge in [0.25, 0.3) is 0 Å². The molecule has 0 radical (unpaired) electrons. The SMILES string of the molecule is CCN(CCNC(C)Cc1ccccc1)C(C)Cc1ccccc1. The normalized spacial score (nSPS) is 13.8. The number of hydrogen-bond donors (Lipinski definition) is 1. The second kappa shape index (κ2) is 10.3. The van der Waals surface area contributed by atoms with Gasteiger partial charge in [0.1, 0.15) is 0 Å². The average Bonchev–Trinajstić information content (AvgIpc) is 2.60. The number of benzene rings is 2. The quantitative estimate of drug-likeness (QED) is 0.706. The van der Waals surface area contributed by atoms with E-state index in [4.69, 9.17) is 0 Å². The van der Waals surface area contributed by atoms with E-state index in [0.717, 1.165) is 32.5 Å². The van der Waals surface area contributed by atoms with Crippen molar-refractivity contribution in [1.82, 2.24) is 10.2 Å². The molecule has 0 heterocycles. The van der Waals surface area contributed by atoms with Crippen LogP contribution in [0.5, 0.6) is 0 Å². The third kappa shape index (κ3) is 6.46. The Balaban J connectivity index is 1.72. The fourth-order valence-electron chi connectivity index (χ4n) is 3.27. The van der Waals surface area contributed by atoms with Crippen molar-refractivity contribution < 1.29 is 0 Å². The van der Waals surface area contributed by atoms with Crippen LogP contribution in [0.3, 0.4) is 0 Å². The summed E-state index contributed by atoms with van der Waals surface area (Å²) < 4.78 is 0. The zero-order valence-corrected chi connectivity index (χ0v) is 15.4. The van der Waals surface area contributed by atoms with E-state index in [1.165, 1.54) is 11.1 Å². The minimum absolute atomic E-state index is 0.510. The second-order valence-corrected chi connectivity index (χ2v) is 6.71. The first kappa shape index (κ1) is 18.7. The van der Waals surface area contributed by atoms with Crippen molar-refractivity contribution in [2.24, 2.45) is 0 Å². The molecule has 0 aromatic heterocycles. The fraction of sp³-hybridized carbons (Fsp3) is 0.455. The summed E-state index contributed by atoms with van der Waals surface area (Å²) in [5, 5.41) is 3.67. The van der Waals surface area contributed by atoms with Gasteiger partial charge in [-0.1, -0.05) is 67.6 Å². The molecule has 130 valence electrons. The first-order valence-electron chi connectivity index (χ1n) is 9.24. The molecule has 0 amide bonds. The van der Waals surface area contributed by atoms with Gasteiger partial charge in [-0.3, -0.25) is 4.90 Å². The molecule has 2 aromatic carbocycles. The Morgan fingerprint density at radius 2 is 1.38 bits per heavy atom. The lowest BCUT2D eigenvalue weighted by molar-refractivity contribution is 0.216. The van der Waals surface area contributed by atoms with Crippen molar-refractivity contribution in [3.63, 3.8) is 0 Å². The van der Waals surface area contributed by atoms with Gasteiger partial charge in [0.05, 0.1) is 0 Å². The van der Waals surface area contributed by atoms with E-state index in [-0.39, 0.29) is 0 Å². The molecule has 0 aliphatic rings. The average molecular weight is 325 g/mol. The van der Waals surface area contributed by atoms with Crippen LogP contribution in [0.4, 0.5) is 0 Å². The summed E-state index contributed by atoms with van der Waals surface area (Å²) >= 11 is 0. The van der Waals surface area contributed by atoms with Crippen LogP contribution in [-0.2, 0) is 12.8 Å². The smallest absolute Gasteiger partial charge is 0.0110 e. The van der Waals surface area contributed by atoms with Crippen LogP contribution >= 0.6 is 0 Å². The van der Waals surface area contributed by atoms with Gasteiger partial charge in [0.2, 0.25) is 0 Å². The lowest BCUT2D eigenvalue weighted by Gasteiger charge is -2.28. The van der Waals surface area contributed by atoms with Gasteiger partial charge in [0, 0.05) is 25.2 Å². The maximum atomic E-state index is 3.67. The highest BCUT2D eigenvalue weighted by atomic mass is 15.2. The molecule has 0 fully saturated rings. The van der Waals surface area contributed by atoms with Gasteiger partial charge in [-0.05, 0) is 44.4 Å². The highest BCUT2D eigenvalue weighted by Gasteiger charge is 2.12. The molecule has 0 saturated heterocycles. The maximum Gasteiger partial charge on any atom is 0.0110 e. The van der Waals surface area contributed by atoms with E-state index in [1.54, 1.807) is 0 Å². The van der Waals surface area contributed by atoms with Crippen LogP contribution in [0, 0.1) is 0 Å². The first-order valence-corrected chi connectivity index (χ1v) is 9.24. The fourth-order valence-corrected chi connectivity index (χ4v) is 3.27. The Bertz CT molecular complexity index is 553. The molecule has 1 N–H and O–H groups in total. The zero-order valence-electron chi connectivity index (χ0n) is 15.4. The topological polar surface area (TPSA) is 15.3 Å². The van der Waals surface area contributed by atoms with Crippen LogP contribution in [-0.4, -0.2) is 36.6 Å². The third-order valence-corrected chi connectivity index (χ3v) is 4.68. The molecule has 2 unspecified atom stereocenters. The van der Waals surface area contributed by atoms with E-state index in [9.17, 15) is 0 Å². The Kier molecular flexibility index (Phi) is 8.00. The molecule has 0 spiro atoms. The molecular formula is C22H32N2. The Morgan fingerprint density at radius 1 is 0.833 bits per heavy atom. The lowest BCUT2D eigenvalue weighted by atomic mass is 10.1. The van der Waals surface area contributed by atoms with Crippen LogP contribution in [0.2, 0.25) is 0 Å². The van der Waals surface area contributed by atoms with Gasteiger partial charge >= 0.3 is 0 Å². The van der Waals surface area contributed by atoms with E-state index in [0.29, 0.717) is 12.1 Å². The van der Waals surface area contributed by atoms with Gasteiger partial charge in [0.15, 0.2) is 0 Å². The molecule has 2 rings (SSSR count). The second-order valence-electron chi connectivity index (χ2n) is 6.71. The molecule has 2 aromatic rings. The molecule has 0 bridgehead atoms. The predicted octanol–water partition coefficient (Wildman–Crippen LogP) is 4.16. The molecule has 0 saturated carbocycles. The maximum absolute atomic E-state index is 3.67. The molecule has 2 heteroatoms. The van der Waals surface area contributed by atoms with Crippen molar-refractivity contribution in [3.8, 4) is 0 Å². The highest BCUT2D eigenvalue weighted by molar-refractivity contribution is 5.16. The molecule has 24 heavy (non-hydrogen) atoms. The molecule has 2 nitrogen and oxygen atoms in total. The van der Waals surface area contributed by atoms with Crippen molar-refractivity contribution in [2.75, 3.05) is 19.6 Å². The zero-order chi connectivity index (χ0) is 17.2. The number of likely N-dealkylation sites (N-methyl/N-ethyl adjacent to an activating group) is 1. The monoisotopic (exact) mass is 324 g/mol. The van der Waals surface area contributed by atoms with Gasteiger partial charge in [-0.2, -0.15) is 0 Å². The first-order chi connectivity index (χ1) is 11.7. The van der Waals surface area contributed by atoms with Crippen molar-refractivity contribution in [2.45, 2.75) is 45.7 Å². The Hall–Kier alpha value is -1.64. The third-order valence-electron chi connectivity index (χ3n) is 4.68. The molecular weight excluding hydrogens is 292 g/mol. The minimum atomic E-state index is 0.510. The van der Waals surface area contributed by atoms with Gasteiger partial charge in [-0.25, -0.2) is 0 Å². The minimum Gasteiger partial charge on any atom is -0.313 e. The Labute approximate surface area is 147 Å². The predicted molar refractivity (Wildman–Crippen MR) is 104 cm³/mol. The Morgan fingerprint density at radius 3 is 1.92 bits per heavy atom. The molecule has 0 aliphatic heterocycles. The highest BCUT2D eigenvalue weighted by Crippen LogP contribution is 2.08. The number of rotatable bonds is 10. The van der Waals surface area contributed by atoms with Crippen LogP contribution in [0.1, 0.15) is 31.9 Å². The van der Waals surface area contributed by atoms with Crippen molar-refractivity contribution in [3.05, 3.63) is 71.8 Å². The summed E-state index contributed by atoms with van der Waals surface area (Å²) in [5.74, 6) is 0. The summed E-state index contributed by atoms with van der Waals surface area (Å²) in [6, 6.07) is 22.6. The number of nitrogens with one attached hydrogen (secondary N) is 1. The number of nitrogens with zero attached hydrogens (tertiary/aromatic N) is 1. The van der Waals surface area contributed by atoms with E-state index in [1.807, 2.05) is 0 Å². The van der Waals surface area contributed by atoms with E-state index in [2.05, 4.69) is 91.7 Å². The van der Waals surface area contributed by atoms with Crippen LogP contribution in [0.25, 0.3) is 0 Å².